The fraction of sp³-hybridized carbons (Fsp3) is 0.875. The number of hydrogen-bond donors (Lipinski definition) is 3. The number of nitrogens with one attached hydrogen (secondary N) is 1. The maximum absolute atomic E-state index is 5.67. The van der Waals surface area contributed by atoms with Crippen LogP contribution in [0.1, 0.15) is 32.6 Å². The van der Waals surface area contributed by atoms with Gasteiger partial charge >= 0.3 is 0 Å². The second-order valence-corrected chi connectivity index (χ2v) is 3.08. The highest BCUT2D eigenvalue weighted by molar-refractivity contribution is 7.80. The Labute approximate surface area is 74.7 Å². The first kappa shape index (κ1) is 10.8. The van der Waals surface area contributed by atoms with Crippen molar-refractivity contribution in [1.82, 2.24) is 0 Å². The van der Waals surface area contributed by atoms with Crippen LogP contribution in [0, 0.1) is 0 Å². The minimum Gasteiger partial charge on any atom is -0.291 e. The summed E-state index contributed by atoms with van der Waals surface area (Å²) in [5.74, 6) is 1.82. The van der Waals surface area contributed by atoms with Gasteiger partial charge in [0.05, 0.1) is 6.54 Å². The minimum absolute atomic E-state index is 0.910. The molecule has 0 bridgehead atoms. The predicted octanol–water partition coefficient (Wildman–Crippen LogP) is -0.0657. The molecule has 0 fully saturated rings. The fourth-order valence-corrected chi connectivity index (χ4v) is 0.942. The zero-order valence-corrected chi connectivity index (χ0v) is 8.16. The summed E-state index contributed by atoms with van der Waals surface area (Å²) >= 11 is 4.11. The van der Waals surface area contributed by atoms with E-state index in [1.807, 2.05) is 0 Å². The molecule has 0 spiro atoms. The molecule has 0 aliphatic carbocycles. The lowest BCUT2D eigenvalue weighted by Crippen LogP contribution is -2.75. The second-order valence-electron chi connectivity index (χ2n) is 2.63. The van der Waals surface area contributed by atoms with E-state index in [0.29, 0.717) is 0 Å². The lowest BCUT2D eigenvalue weighted by Gasteiger charge is -1.92. The van der Waals surface area contributed by atoms with E-state index in [-0.39, 0.29) is 0 Å². The molecule has 0 amide bonds. The van der Waals surface area contributed by atoms with Crippen molar-refractivity contribution in [2.45, 2.75) is 32.6 Å². The first-order valence-electron chi connectivity index (χ1n) is 4.27. The molecule has 3 N–H and O–H groups in total. The minimum atomic E-state index is 0.910. The molecule has 0 heterocycles. The third-order valence-corrected chi connectivity index (χ3v) is 1.80. The highest BCUT2D eigenvalue weighted by atomic mass is 32.1. The first-order valence-corrected chi connectivity index (χ1v) is 4.90. The molecule has 0 aromatic rings. The van der Waals surface area contributed by atoms with Gasteiger partial charge in [-0.3, -0.25) is 10.7 Å². The smallest absolute Gasteiger partial charge is 0.240 e. The molecule has 0 aromatic heterocycles. The Hall–Kier alpha value is -0.180. The molecule has 0 rings (SSSR count). The zero-order valence-electron chi connectivity index (χ0n) is 7.27. The van der Waals surface area contributed by atoms with Gasteiger partial charge in [0, 0.05) is 6.42 Å². The van der Waals surface area contributed by atoms with Gasteiger partial charge < -0.3 is 0 Å². The maximum Gasteiger partial charge on any atom is 0.240 e. The van der Waals surface area contributed by atoms with E-state index >= 15 is 0 Å². The summed E-state index contributed by atoms with van der Waals surface area (Å²) in [4.78, 5) is 3.18. The van der Waals surface area contributed by atoms with Crippen LogP contribution >= 0.6 is 12.6 Å². The average Bonchev–Trinajstić information content (AvgIpc) is 2.01. The summed E-state index contributed by atoms with van der Waals surface area (Å²) in [7, 11) is 0. The Kier molecular flexibility index (Phi) is 7.79. The van der Waals surface area contributed by atoms with Crippen LogP contribution in [0.25, 0.3) is 0 Å². The van der Waals surface area contributed by atoms with Crippen molar-refractivity contribution in [3.8, 4) is 0 Å². The molecule has 0 atom stereocenters. The van der Waals surface area contributed by atoms with Gasteiger partial charge in [0.1, 0.15) is 0 Å². The molecular weight excluding hydrogens is 156 g/mol. The molecule has 0 radical (unpaired) electrons. The number of nitrogens with two attached hydrogens (primary N) is 1. The molecule has 0 aliphatic heterocycles. The van der Waals surface area contributed by atoms with E-state index in [0.717, 1.165) is 31.0 Å². The Morgan fingerprint density at radius 2 is 2.18 bits per heavy atom. The van der Waals surface area contributed by atoms with Crippen LogP contribution in [0.4, 0.5) is 0 Å². The van der Waals surface area contributed by atoms with Gasteiger partial charge in [-0.2, -0.15) is 12.6 Å². The summed E-state index contributed by atoms with van der Waals surface area (Å²) in [5, 5.41) is 0. The van der Waals surface area contributed by atoms with Crippen LogP contribution in [0.15, 0.2) is 0 Å². The van der Waals surface area contributed by atoms with E-state index in [4.69, 9.17) is 5.73 Å². The molecule has 66 valence electrons. The molecule has 0 saturated heterocycles. The van der Waals surface area contributed by atoms with Crippen molar-refractivity contribution in [2.24, 2.45) is 5.73 Å². The van der Waals surface area contributed by atoms with E-state index < -0.39 is 0 Å². The predicted molar refractivity (Wildman–Crippen MR) is 53.0 cm³/mol. The van der Waals surface area contributed by atoms with E-state index in [2.05, 4.69) is 24.5 Å². The Bertz CT molecular complexity index is 113. The monoisotopic (exact) mass is 175 g/mol. The topological polar surface area (TPSA) is 40.0 Å². The third kappa shape index (κ3) is 7.72. The van der Waals surface area contributed by atoms with E-state index in [1.54, 1.807) is 0 Å². The van der Waals surface area contributed by atoms with Crippen molar-refractivity contribution in [3.05, 3.63) is 0 Å². The van der Waals surface area contributed by atoms with Gasteiger partial charge in [-0.1, -0.05) is 13.3 Å². The normalized spacial score (nSPS) is 12.0. The Morgan fingerprint density at radius 1 is 1.45 bits per heavy atom. The highest BCUT2D eigenvalue weighted by Gasteiger charge is 1.95. The van der Waals surface area contributed by atoms with Crippen LogP contribution < -0.4 is 10.7 Å². The summed E-state index contributed by atoms with van der Waals surface area (Å²) in [6.45, 7) is 3.18. The number of amidine groups is 1. The Morgan fingerprint density at radius 3 is 2.73 bits per heavy atom. The summed E-state index contributed by atoms with van der Waals surface area (Å²) in [6, 6.07) is 0. The molecule has 3 heteroatoms. The van der Waals surface area contributed by atoms with Crippen LogP contribution in [0.5, 0.6) is 0 Å². The van der Waals surface area contributed by atoms with Gasteiger partial charge in [0.25, 0.3) is 0 Å². The Balaban J connectivity index is 3.30. The van der Waals surface area contributed by atoms with E-state index in [1.165, 1.54) is 12.8 Å². The SMILES string of the molecule is CCCC[NH+]=C(N)CCCS. The highest BCUT2D eigenvalue weighted by Crippen LogP contribution is 1.87. The van der Waals surface area contributed by atoms with Crippen LogP contribution in [-0.2, 0) is 0 Å². The van der Waals surface area contributed by atoms with Crippen molar-refractivity contribution >= 4 is 18.5 Å². The molecular formula is C8H19N2S+. The number of hydrogen-bond acceptors (Lipinski definition) is 1. The van der Waals surface area contributed by atoms with E-state index in [9.17, 15) is 0 Å². The molecule has 0 aliphatic rings. The lowest BCUT2D eigenvalue weighted by molar-refractivity contribution is -0.460. The van der Waals surface area contributed by atoms with Crippen molar-refractivity contribution in [2.75, 3.05) is 12.3 Å². The lowest BCUT2D eigenvalue weighted by atomic mass is 10.3. The number of rotatable bonds is 6. The molecule has 0 aromatic carbocycles. The van der Waals surface area contributed by atoms with Gasteiger partial charge in [-0.15, -0.1) is 0 Å². The van der Waals surface area contributed by atoms with Crippen molar-refractivity contribution < 1.29 is 4.99 Å². The quantitative estimate of drug-likeness (QED) is 0.225. The number of thiol groups is 1. The maximum atomic E-state index is 5.67. The fourth-order valence-electron chi connectivity index (χ4n) is 0.784. The number of unbranched alkanes of at least 4 members (excludes halogenated alkanes) is 1. The first-order chi connectivity index (χ1) is 5.31. The molecule has 11 heavy (non-hydrogen) atoms. The molecule has 0 saturated carbocycles. The molecule has 0 unspecified atom stereocenters. The van der Waals surface area contributed by atoms with Crippen LogP contribution in [-0.4, -0.2) is 18.1 Å². The molecule has 2 nitrogen and oxygen atoms in total. The summed E-state index contributed by atoms with van der Waals surface area (Å²) in [6.07, 6.45) is 4.43. The standard InChI is InChI=1S/C8H18N2S/c1-2-3-6-10-8(9)5-4-7-11/h11H,2-7H2,1H3,(H2,9,10)/p+1. The van der Waals surface area contributed by atoms with Crippen molar-refractivity contribution in [3.63, 3.8) is 0 Å². The van der Waals surface area contributed by atoms with Crippen LogP contribution in [0.2, 0.25) is 0 Å². The summed E-state index contributed by atoms with van der Waals surface area (Å²) < 4.78 is 0. The third-order valence-electron chi connectivity index (χ3n) is 1.49. The second kappa shape index (κ2) is 7.92. The van der Waals surface area contributed by atoms with Crippen LogP contribution in [0.3, 0.4) is 0 Å². The van der Waals surface area contributed by atoms with Gasteiger partial charge in [-0.05, 0) is 18.6 Å². The average molecular weight is 175 g/mol. The van der Waals surface area contributed by atoms with Crippen molar-refractivity contribution in [1.29, 1.82) is 0 Å². The summed E-state index contributed by atoms with van der Waals surface area (Å²) in [5.41, 5.74) is 5.67. The van der Waals surface area contributed by atoms with Gasteiger partial charge in [-0.25, -0.2) is 0 Å². The largest absolute Gasteiger partial charge is 0.291 e. The zero-order chi connectivity index (χ0) is 8.53. The van der Waals surface area contributed by atoms with Gasteiger partial charge in [0.2, 0.25) is 5.84 Å². The van der Waals surface area contributed by atoms with Gasteiger partial charge in [0.15, 0.2) is 0 Å².